The van der Waals surface area contributed by atoms with Crippen LogP contribution in [-0.4, -0.2) is 26.8 Å². The van der Waals surface area contributed by atoms with Gasteiger partial charge in [-0.3, -0.25) is 0 Å². The number of anilines is 1. The van der Waals surface area contributed by atoms with E-state index in [9.17, 15) is 4.79 Å². The van der Waals surface area contributed by atoms with Crippen molar-refractivity contribution in [2.45, 2.75) is 68.7 Å². The average Bonchev–Trinajstić information content (AvgIpc) is 3.42. The predicted octanol–water partition coefficient (Wildman–Crippen LogP) is 7.31. The van der Waals surface area contributed by atoms with E-state index in [0.29, 0.717) is 23.3 Å². The van der Waals surface area contributed by atoms with Crippen molar-refractivity contribution in [3.63, 3.8) is 0 Å². The molecule has 210 valence electrons. The van der Waals surface area contributed by atoms with E-state index in [1.165, 1.54) is 12.0 Å². The molecule has 8 heteroatoms. The van der Waals surface area contributed by atoms with Crippen molar-refractivity contribution in [2.24, 2.45) is 0 Å². The predicted molar refractivity (Wildman–Crippen MR) is 161 cm³/mol. The van der Waals surface area contributed by atoms with Crippen LogP contribution in [0, 0.1) is 0 Å². The summed E-state index contributed by atoms with van der Waals surface area (Å²) in [5, 5.41) is 8.85. The molecule has 0 spiro atoms. The second-order valence-corrected chi connectivity index (χ2v) is 11.5. The molecule has 0 bridgehead atoms. The Balaban J connectivity index is 1.27. The van der Waals surface area contributed by atoms with Crippen LogP contribution in [0.15, 0.2) is 101 Å². The number of rotatable bonds is 9. The number of esters is 1. The van der Waals surface area contributed by atoms with Gasteiger partial charge in [-0.15, -0.1) is 5.10 Å². The molecule has 3 aromatic carbocycles. The Morgan fingerprint density at radius 1 is 0.927 bits per heavy atom. The second kappa shape index (κ2) is 12.6. The number of nitrogens with zero attached hydrogens (tertiary/aromatic N) is 3. The van der Waals surface area contributed by atoms with Crippen molar-refractivity contribution < 1.29 is 14.3 Å². The lowest BCUT2D eigenvalue weighted by molar-refractivity contribution is -0.146. The van der Waals surface area contributed by atoms with Gasteiger partial charge in [0.15, 0.2) is 0 Å². The first-order valence-electron chi connectivity index (χ1n) is 14.2. The van der Waals surface area contributed by atoms with Gasteiger partial charge in [0.05, 0.1) is 5.57 Å². The number of carbonyl (C=O) groups is 1. The van der Waals surface area contributed by atoms with Crippen molar-refractivity contribution in [1.29, 1.82) is 0 Å². The molecule has 1 N–H and O–H groups in total. The molecule has 41 heavy (non-hydrogen) atoms. The molecular formula is C33H34N4O3S. The lowest BCUT2D eigenvalue weighted by Crippen LogP contribution is -2.32. The molecule has 1 fully saturated rings. The van der Waals surface area contributed by atoms with Crippen molar-refractivity contribution in [3.8, 4) is 5.75 Å². The third-order valence-electron chi connectivity index (χ3n) is 7.53. The van der Waals surface area contributed by atoms with Crippen molar-refractivity contribution >= 4 is 23.7 Å². The van der Waals surface area contributed by atoms with Gasteiger partial charge in [-0.2, -0.15) is 4.98 Å². The quantitative estimate of drug-likeness (QED) is 0.168. The first-order valence-corrected chi connectivity index (χ1v) is 15.2. The molecule has 1 aliphatic carbocycles. The second-order valence-electron chi connectivity index (χ2n) is 10.5. The van der Waals surface area contributed by atoms with Gasteiger partial charge in [0.25, 0.3) is 0 Å². The van der Waals surface area contributed by atoms with Gasteiger partial charge < -0.3 is 14.8 Å². The van der Waals surface area contributed by atoms with Crippen LogP contribution in [0.2, 0.25) is 0 Å². The maximum atomic E-state index is 13.7. The highest BCUT2D eigenvalue weighted by Gasteiger charge is 2.36. The summed E-state index contributed by atoms with van der Waals surface area (Å²) in [5.41, 5.74) is 4.52. The first kappa shape index (κ1) is 27.1. The van der Waals surface area contributed by atoms with Crippen LogP contribution in [0.4, 0.5) is 5.95 Å². The van der Waals surface area contributed by atoms with Crippen LogP contribution >= 0.6 is 11.8 Å². The van der Waals surface area contributed by atoms with Crippen LogP contribution in [0.3, 0.4) is 0 Å². The third kappa shape index (κ3) is 6.49. The van der Waals surface area contributed by atoms with Gasteiger partial charge in [-0.1, -0.05) is 91.0 Å². The number of aromatic nitrogens is 3. The number of benzene rings is 3. The van der Waals surface area contributed by atoms with Gasteiger partial charge in [-0.05, 0) is 61.4 Å². The van der Waals surface area contributed by atoms with E-state index in [1.807, 2.05) is 84.4 Å². The lowest BCUT2D eigenvalue weighted by Gasteiger charge is -2.30. The van der Waals surface area contributed by atoms with Crippen molar-refractivity contribution in [3.05, 3.63) is 113 Å². The van der Waals surface area contributed by atoms with E-state index in [-0.39, 0.29) is 12.1 Å². The SMILES string of the molecule is CC1=C(C(=O)OC2CCCCC2)C(c2ccc(OCc3ccccc3)cc2)n2nc(SCc3ccccc3)nc2N1. The number of thioether (sulfide) groups is 1. The van der Waals surface area contributed by atoms with Crippen molar-refractivity contribution in [2.75, 3.05) is 5.32 Å². The Morgan fingerprint density at radius 2 is 1.61 bits per heavy atom. The molecule has 2 heterocycles. The number of nitrogens with one attached hydrogen (secondary N) is 1. The topological polar surface area (TPSA) is 78.3 Å². The number of allylic oxidation sites excluding steroid dienone is 1. The van der Waals surface area contributed by atoms with Crippen LogP contribution < -0.4 is 10.1 Å². The van der Waals surface area contributed by atoms with Gasteiger partial charge in [0.2, 0.25) is 11.1 Å². The van der Waals surface area contributed by atoms with Gasteiger partial charge in [0.1, 0.15) is 24.5 Å². The van der Waals surface area contributed by atoms with Crippen LogP contribution in [0.1, 0.15) is 61.8 Å². The molecule has 1 atom stereocenters. The molecule has 7 nitrogen and oxygen atoms in total. The van der Waals surface area contributed by atoms with Crippen molar-refractivity contribution in [1.82, 2.24) is 14.8 Å². The summed E-state index contributed by atoms with van der Waals surface area (Å²) in [5.74, 6) is 1.83. The fourth-order valence-corrected chi connectivity index (χ4v) is 6.16. The highest BCUT2D eigenvalue weighted by atomic mass is 32.2. The zero-order chi connectivity index (χ0) is 28.0. The molecule has 1 unspecified atom stereocenters. The van der Waals surface area contributed by atoms with E-state index in [0.717, 1.165) is 54.0 Å². The van der Waals surface area contributed by atoms with Crippen LogP contribution in [-0.2, 0) is 21.9 Å². The van der Waals surface area contributed by atoms with E-state index in [2.05, 4.69) is 17.4 Å². The number of ether oxygens (including phenoxy) is 2. The highest BCUT2D eigenvalue weighted by molar-refractivity contribution is 7.98. The van der Waals surface area contributed by atoms with Crippen LogP contribution in [0.25, 0.3) is 0 Å². The summed E-state index contributed by atoms with van der Waals surface area (Å²) in [6, 6.07) is 27.8. The zero-order valence-electron chi connectivity index (χ0n) is 23.2. The molecule has 6 rings (SSSR count). The maximum Gasteiger partial charge on any atom is 0.338 e. The Labute approximate surface area is 245 Å². The summed E-state index contributed by atoms with van der Waals surface area (Å²) in [6.45, 7) is 2.40. The van der Waals surface area contributed by atoms with E-state index >= 15 is 0 Å². The molecular weight excluding hydrogens is 532 g/mol. The minimum absolute atomic E-state index is 0.0416. The van der Waals surface area contributed by atoms with E-state index in [1.54, 1.807) is 11.8 Å². The molecule has 4 aromatic rings. The average molecular weight is 567 g/mol. The largest absolute Gasteiger partial charge is 0.489 e. The monoisotopic (exact) mass is 566 g/mol. The molecule has 1 aliphatic heterocycles. The number of carbonyl (C=O) groups excluding carboxylic acids is 1. The standard InChI is InChI=1S/C33H34N4O3S/c1-23-29(31(38)40-28-15-9-4-10-16-28)30(26-17-19-27(20-18-26)39-21-24-11-5-2-6-12-24)37-32(34-23)35-33(36-37)41-22-25-13-7-3-8-14-25/h2-3,5-8,11-14,17-20,28,30H,4,9-10,15-16,21-22H2,1H3,(H,34,35,36). The smallest absolute Gasteiger partial charge is 0.338 e. The minimum atomic E-state index is -0.468. The molecule has 2 aliphatic rings. The zero-order valence-corrected chi connectivity index (χ0v) is 24.0. The molecule has 1 saturated carbocycles. The Hall–Kier alpha value is -4.04. The maximum absolute atomic E-state index is 13.7. The lowest BCUT2D eigenvalue weighted by atomic mass is 9.95. The van der Waals surface area contributed by atoms with Crippen LogP contribution in [0.5, 0.6) is 5.75 Å². The summed E-state index contributed by atoms with van der Waals surface area (Å²) >= 11 is 1.57. The molecule has 0 amide bonds. The van der Waals surface area contributed by atoms with Gasteiger partial charge in [-0.25, -0.2) is 9.48 Å². The Morgan fingerprint density at radius 3 is 2.32 bits per heavy atom. The summed E-state index contributed by atoms with van der Waals surface area (Å²) in [6.07, 6.45) is 5.18. The normalized spacial score (nSPS) is 17.0. The number of fused-ring (bicyclic) bond motifs is 1. The Kier molecular flexibility index (Phi) is 8.37. The van der Waals surface area contributed by atoms with Gasteiger partial charge >= 0.3 is 5.97 Å². The summed E-state index contributed by atoms with van der Waals surface area (Å²) in [7, 11) is 0. The fraction of sp³-hybridized carbons (Fsp3) is 0.303. The molecule has 1 aromatic heterocycles. The Bertz CT molecular complexity index is 1500. The fourth-order valence-electron chi connectivity index (χ4n) is 5.37. The molecule has 0 radical (unpaired) electrons. The number of hydrogen-bond donors (Lipinski definition) is 1. The minimum Gasteiger partial charge on any atom is -0.489 e. The summed E-state index contributed by atoms with van der Waals surface area (Å²) in [4.78, 5) is 18.5. The van der Waals surface area contributed by atoms with E-state index in [4.69, 9.17) is 19.6 Å². The molecule has 0 saturated heterocycles. The van der Waals surface area contributed by atoms with Gasteiger partial charge in [0, 0.05) is 11.4 Å². The third-order valence-corrected chi connectivity index (χ3v) is 8.44. The first-order chi connectivity index (χ1) is 20.1. The number of hydrogen-bond acceptors (Lipinski definition) is 7. The summed E-state index contributed by atoms with van der Waals surface area (Å²) < 4.78 is 13.9. The highest BCUT2D eigenvalue weighted by Crippen LogP contribution is 2.38. The van der Waals surface area contributed by atoms with E-state index < -0.39 is 6.04 Å².